The molecule has 1 saturated heterocycles. The molecule has 4 aromatic rings. The van der Waals surface area contributed by atoms with E-state index in [-0.39, 0.29) is 36.0 Å². The van der Waals surface area contributed by atoms with Gasteiger partial charge in [-0.25, -0.2) is 0 Å². The highest BCUT2D eigenvalue weighted by atomic mass is 16.6. The number of nitrogens with zero attached hydrogens (tertiary/aromatic N) is 5. The molecular weight excluding hydrogens is 704 g/mol. The number of aryl methyl sites for hydroxylation is 1. The first kappa shape index (κ1) is 38.3. The minimum absolute atomic E-state index is 0.0379. The third kappa shape index (κ3) is 7.51. The van der Waals surface area contributed by atoms with Gasteiger partial charge in [0.1, 0.15) is 18.3 Å². The van der Waals surface area contributed by atoms with Gasteiger partial charge in [-0.1, -0.05) is 66.8 Å². The monoisotopic (exact) mass is 744 g/mol. The topological polar surface area (TPSA) is 254 Å². The Morgan fingerprint density at radius 2 is 1.78 bits per heavy atom. The number of nitro groups is 1. The number of nitrogens with one attached hydrogen (secondary N) is 1. The van der Waals surface area contributed by atoms with E-state index in [0.717, 1.165) is 5.56 Å². The van der Waals surface area contributed by atoms with Gasteiger partial charge >= 0.3 is 0 Å². The number of carbonyl (C=O) groups is 2. The maximum atomic E-state index is 14.0. The van der Waals surface area contributed by atoms with Gasteiger partial charge in [-0.15, -0.1) is 5.10 Å². The Hall–Kier alpha value is -5.40. The molecule has 1 aromatic heterocycles. The molecule has 7 N–H and O–H groups in total. The highest BCUT2D eigenvalue weighted by molar-refractivity contribution is 6.07. The molecule has 3 heterocycles. The summed E-state index contributed by atoms with van der Waals surface area (Å²) in [4.78, 5) is 39.2. The van der Waals surface area contributed by atoms with Crippen molar-refractivity contribution in [3.05, 3.63) is 124 Å². The van der Waals surface area contributed by atoms with Crippen molar-refractivity contribution in [1.29, 1.82) is 0 Å². The molecule has 17 heteroatoms. The van der Waals surface area contributed by atoms with Gasteiger partial charge in [-0.05, 0) is 35.7 Å². The molecule has 1 unspecified atom stereocenters. The maximum absolute atomic E-state index is 14.0. The molecule has 2 aliphatic heterocycles. The number of aliphatic hydroxyl groups is 6. The molecule has 0 spiro atoms. The molecule has 0 aliphatic carbocycles. The number of ether oxygens (including phenoxy) is 1. The van der Waals surface area contributed by atoms with Gasteiger partial charge < -0.3 is 45.6 Å². The summed E-state index contributed by atoms with van der Waals surface area (Å²) in [5.41, 5.74) is 0.286. The summed E-state index contributed by atoms with van der Waals surface area (Å²) < 4.78 is 6.60. The average molecular weight is 745 g/mol. The molecule has 2 aliphatic rings. The normalized spacial score (nSPS) is 25.1. The van der Waals surface area contributed by atoms with Crippen LogP contribution in [0.2, 0.25) is 0 Å². The molecule has 1 fully saturated rings. The number of rotatable bonds is 13. The van der Waals surface area contributed by atoms with Crippen LogP contribution in [0.5, 0.6) is 0 Å². The summed E-state index contributed by atoms with van der Waals surface area (Å²) in [7, 11) is 0. The lowest BCUT2D eigenvalue weighted by Gasteiger charge is -2.37. The van der Waals surface area contributed by atoms with Gasteiger partial charge in [0.05, 0.1) is 35.4 Å². The number of aliphatic hydroxyl groups excluding tert-OH is 5. The molecular formula is C37H40N6O11. The van der Waals surface area contributed by atoms with Crippen molar-refractivity contribution in [2.45, 2.75) is 68.7 Å². The largest absolute Gasteiger partial charge is 0.395 e. The predicted molar refractivity (Wildman–Crippen MR) is 190 cm³/mol. The SMILES string of the molecule is C[C@H](/C=C/CCn1cc(C(CO)c2ccccc2)nn1)[C@@]1(O)C(=O)N(Cc2ccc(NC(=O)[C@H]3O[C@@H](O)[C@H](O)[C@@H](O)[C@@H]3O)cc2)c2ccc([N+](=O)[O-])cc21. The minimum Gasteiger partial charge on any atom is -0.395 e. The molecule has 0 saturated carbocycles. The van der Waals surface area contributed by atoms with Crippen molar-refractivity contribution in [3.63, 3.8) is 0 Å². The van der Waals surface area contributed by atoms with Gasteiger partial charge in [0.25, 0.3) is 17.5 Å². The number of allylic oxidation sites excluding steroid dienone is 1. The second kappa shape index (κ2) is 15.9. The Morgan fingerprint density at radius 3 is 2.46 bits per heavy atom. The first-order chi connectivity index (χ1) is 25.8. The highest BCUT2D eigenvalue weighted by Crippen LogP contribution is 2.47. The number of aromatic nitrogens is 3. The Morgan fingerprint density at radius 1 is 1.06 bits per heavy atom. The second-order valence-corrected chi connectivity index (χ2v) is 13.3. The Labute approximate surface area is 308 Å². The van der Waals surface area contributed by atoms with Crippen LogP contribution in [0, 0.1) is 16.0 Å². The van der Waals surface area contributed by atoms with Gasteiger partial charge in [0.2, 0.25) is 0 Å². The number of hydrogen-bond donors (Lipinski definition) is 7. The summed E-state index contributed by atoms with van der Waals surface area (Å²) >= 11 is 0. The van der Waals surface area contributed by atoms with Crippen LogP contribution >= 0.6 is 0 Å². The van der Waals surface area contributed by atoms with E-state index in [1.807, 2.05) is 30.3 Å². The smallest absolute Gasteiger partial charge is 0.269 e. The highest BCUT2D eigenvalue weighted by Gasteiger charge is 2.53. The van der Waals surface area contributed by atoms with E-state index < -0.39 is 59.0 Å². The number of anilines is 2. The lowest BCUT2D eigenvalue weighted by molar-refractivity contribution is -0.385. The molecule has 2 amide bonds. The molecule has 284 valence electrons. The zero-order valence-electron chi connectivity index (χ0n) is 29.0. The molecule has 0 bridgehead atoms. The van der Waals surface area contributed by atoms with E-state index in [1.54, 1.807) is 42.1 Å². The third-order valence-corrected chi connectivity index (χ3v) is 9.78. The van der Waals surface area contributed by atoms with Crippen molar-refractivity contribution in [3.8, 4) is 0 Å². The molecule has 17 nitrogen and oxygen atoms in total. The van der Waals surface area contributed by atoms with E-state index in [0.29, 0.717) is 29.9 Å². The van der Waals surface area contributed by atoms with Crippen LogP contribution in [0.25, 0.3) is 0 Å². The van der Waals surface area contributed by atoms with Crippen molar-refractivity contribution < 1.29 is 49.9 Å². The van der Waals surface area contributed by atoms with Gasteiger partial charge in [-0.3, -0.25) is 24.4 Å². The second-order valence-electron chi connectivity index (χ2n) is 13.3. The fourth-order valence-corrected chi connectivity index (χ4v) is 6.66. The number of amides is 2. The Balaban J connectivity index is 1.14. The number of non-ortho nitro benzene ring substituents is 1. The zero-order chi connectivity index (χ0) is 38.7. The Bertz CT molecular complexity index is 2010. The molecule has 54 heavy (non-hydrogen) atoms. The predicted octanol–water partition coefficient (Wildman–Crippen LogP) is 1.07. The van der Waals surface area contributed by atoms with E-state index in [1.165, 1.54) is 35.2 Å². The van der Waals surface area contributed by atoms with Crippen LogP contribution in [0.3, 0.4) is 0 Å². The average Bonchev–Trinajstić information content (AvgIpc) is 3.72. The van der Waals surface area contributed by atoms with Gasteiger partial charge in [0, 0.05) is 42.0 Å². The van der Waals surface area contributed by atoms with Crippen molar-refractivity contribution in [2.75, 3.05) is 16.8 Å². The fraction of sp³-hybridized carbons (Fsp3) is 0.351. The van der Waals surface area contributed by atoms with Gasteiger partial charge in [-0.2, -0.15) is 0 Å². The summed E-state index contributed by atoms with van der Waals surface area (Å²) in [6.45, 7) is 1.88. The summed E-state index contributed by atoms with van der Waals surface area (Å²) in [6, 6.07) is 19.5. The summed E-state index contributed by atoms with van der Waals surface area (Å²) in [5.74, 6) is -2.72. The Kier molecular flexibility index (Phi) is 11.3. The van der Waals surface area contributed by atoms with E-state index in [2.05, 4.69) is 15.6 Å². The van der Waals surface area contributed by atoms with E-state index in [4.69, 9.17) is 4.74 Å². The number of fused-ring (bicyclic) bond motifs is 1. The molecule has 0 radical (unpaired) electrons. The standard InChI is InChI=1S/C37H40N6O11/c1-21(7-5-6-16-41-19-28(39-40-41)26(20-44)23-8-3-2-4-9-23)37(51)27-17-25(43(52)53)14-15-29(27)42(36(37)50)18-22-10-12-24(13-11-22)38-34(48)33-31(46)30(45)32(47)35(49)54-33/h2-5,7-15,17,19,21,26,30-33,35,44-47,49,51H,6,16,18,20H2,1H3,(H,38,48)/b7-5+/t21-,26?,30+,31+,32-,33+,35-,37+/m1/s1. The fourth-order valence-electron chi connectivity index (χ4n) is 6.66. The first-order valence-corrected chi connectivity index (χ1v) is 17.2. The number of hydrogen-bond acceptors (Lipinski definition) is 13. The first-order valence-electron chi connectivity index (χ1n) is 17.2. The van der Waals surface area contributed by atoms with Crippen molar-refractivity contribution >= 4 is 28.9 Å². The van der Waals surface area contributed by atoms with Gasteiger partial charge in [0.15, 0.2) is 18.0 Å². The summed E-state index contributed by atoms with van der Waals surface area (Å²) in [5, 5.41) is 84.1. The zero-order valence-corrected chi connectivity index (χ0v) is 29.0. The molecule has 3 aromatic carbocycles. The van der Waals surface area contributed by atoms with E-state index >= 15 is 0 Å². The van der Waals surface area contributed by atoms with Crippen LogP contribution in [0.4, 0.5) is 17.1 Å². The van der Waals surface area contributed by atoms with Crippen molar-refractivity contribution in [1.82, 2.24) is 15.0 Å². The third-order valence-electron chi connectivity index (χ3n) is 9.78. The number of carbonyl (C=O) groups excluding carboxylic acids is 2. The minimum atomic E-state index is -2.14. The number of benzene rings is 3. The van der Waals surface area contributed by atoms with E-state index in [9.17, 15) is 50.3 Å². The quantitative estimate of drug-likeness (QED) is 0.0575. The van der Waals surface area contributed by atoms with Crippen LogP contribution in [-0.4, -0.2) is 99.7 Å². The summed E-state index contributed by atoms with van der Waals surface area (Å²) in [6.07, 6.45) is -3.31. The van der Waals surface area contributed by atoms with Crippen LogP contribution in [-0.2, 0) is 33.0 Å². The lowest BCUT2D eigenvalue weighted by atomic mass is 9.82. The van der Waals surface area contributed by atoms with Crippen LogP contribution in [0.1, 0.15) is 41.6 Å². The number of nitro benzene ring substituents is 1. The van der Waals surface area contributed by atoms with Crippen molar-refractivity contribution in [2.24, 2.45) is 5.92 Å². The van der Waals surface area contributed by atoms with Crippen LogP contribution in [0.15, 0.2) is 91.1 Å². The van der Waals surface area contributed by atoms with Crippen LogP contribution < -0.4 is 10.2 Å². The lowest BCUT2D eigenvalue weighted by Crippen LogP contribution is -2.60. The maximum Gasteiger partial charge on any atom is 0.269 e. The molecule has 6 rings (SSSR count). The molecule has 8 atom stereocenters.